The highest BCUT2D eigenvalue weighted by molar-refractivity contribution is 6.30. The average Bonchev–Trinajstić information content (AvgIpc) is 3.16. The molecule has 2 aromatic rings. The Morgan fingerprint density at radius 2 is 1.91 bits per heavy atom. The molecular weight excluding hydrogens is 460 g/mol. The van der Waals surface area contributed by atoms with E-state index >= 15 is 0 Å². The Kier molecular flexibility index (Phi) is 18.5. The van der Waals surface area contributed by atoms with E-state index in [4.69, 9.17) is 21.3 Å². The van der Waals surface area contributed by atoms with Crippen LogP contribution >= 0.6 is 11.6 Å². The summed E-state index contributed by atoms with van der Waals surface area (Å²) in [5.74, 6) is 0.705. The molecule has 2 rings (SSSR count). The van der Waals surface area contributed by atoms with Crippen molar-refractivity contribution in [1.82, 2.24) is 14.9 Å². The summed E-state index contributed by atoms with van der Waals surface area (Å²) in [6.07, 6.45) is 11.1. The number of nitrogens with one attached hydrogen (secondary N) is 1. The van der Waals surface area contributed by atoms with Crippen molar-refractivity contribution < 1.29 is 9.53 Å². The number of carbonyl (C=O) groups excluding carboxylic acids is 1. The van der Waals surface area contributed by atoms with Gasteiger partial charge in [0.05, 0.1) is 24.2 Å². The number of hydrogen-bond acceptors (Lipinski definition) is 4. The number of carbonyl (C=O) groups is 1. The largest absolute Gasteiger partial charge is 0.380 e. The zero-order valence-electron chi connectivity index (χ0n) is 22.7. The van der Waals surface area contributed by atoms with E-state index in [0.29, 0.717) is 6.61 Å². The molecule has 0 aliphatic rings. The second kappa shape index (κ2) is 19.8. The van der Waals surface area contributed by atoms with E-state index in [1.54, 1.807) is 0 Å². The second-order valence-electron chi connectivity index (χ2n) is 7.68. The fourth-order valence-electron chi connectivity index (χ4n) is 3.24. The van der Waals surface area contributed by atoms with E-state index in [-0.39, 0.29) is 5.91 Å². The number of imidazole rings is 1. The summed E-state index contributed by atoms with van der Waals surface area (Å²) in [6, 6.07) is 6.50. The van der Waals surface area contributed by atoms with E-state index in [9.17, 15) is 4.79 Å². The summed E-state index contributed by atoms with van der Waals surface area (Å²) in [4.78, 5) is 14.0. The number of fused-ring (bicyclic) bond motifs is 1. The maximum Gasteiger partial charge on any atom is 0.214 e. The normalized spacial score (nSPS) is 11.8. The lowest BCUT2D eigenvalue weighted by Gasteiger charge is -2.10. The molecule has 0 fully saturated rings. The molecule has 0 saturated carbocycles. The minimum absolute atomic E-state index is 0.333. The Labute approximate surface area is 217 Å². The summed E-state index contributed by atoms with van der Waals surface area (Å²) >= 11 is 6.54. The SMILES string of the molecule is C/C=C\CC=CC/C(Cl)=C(\C)Cc1ccc2nc(CNC)n(CCOCC)c2c1.CC.CC(N)=O. The van der Waals surface area contributed by atoms with Crippen molar-refractivity contribution in [3.8, 4) is 0 Å². The van der Waals surface area contributed by atoms with Crippen LogP contribution in [0.4, 0.5) is 0 Å². The van der Waals surface area contributed by atoms with Gasteiger partial charge in [0.1, 0.15) is 5.82 Å². The van der Waals surface area contributed by atoms with Gasteiger partial charge in [-0.1, -0.05) is 61.4 Å². The monoisotopic (exact) mass is 504 g/mol. The molecule has 1 aromatic carbocycles. The molecule has 0 saturated heterocycles. The molecule has 3 N–H and O–H groups in total. The van der Waals surface area contributed by atoms with Crippen LogP contribution in [0.1, 0.15) is 65.8 Å². The first-order chi connectivity index (χ1) is 16.8. The van der Waals surface area contributed by atoms with Gasteiger partial charge in [0.25, 0.3) is 0 Å². The summed E-state index contributed by atoms with van der Waals surface area (Å²) in [7, 11) is 1.95. The standard InChI is InChI=1S/C24H34ClN3O.C2H5NO.C2H6/c1-5-7-8-9-10-11-21(25)19(3)16-20-12-13-22-23(17-20)28(14-15-29-6-2)24(27-22)18-26-4;1-2(3)4;1-2/h5,7,9-10,12-13,17,26H,6,8,11,14-16,18H2,1-4H3;1H3,(H2,3,4);1-2H3/b7-5-,10-9?,21-19-;;. The minimum Gasteiger partial charge on any atom is -0.380 e. The highest BCUT2D eigenvalue weighted by Gasteiger charge is 2.11. The Bertz CT molecular complexity index is 957. The van der Waals surface area contributed by atoms with Crippen LogP contribution in [0.25, 0.3) is 11.0 Å². The van der Waals surface area contributed by atoms with E-state index in [1.807, 2.05) is 34.7 Å². The smallest absolute Gasteiger partial charge is 0.214 e. The molecular formula is C28H45ClN4O2. The van der Waals surface area contributed by atoms with Gasteiger partial charge in [0.15, 0.2) is 0 Å². The Morgan fingerprint density at radius 3 is 2.51 bits per heavy atom. The van der Waals surface area contributed by atoms with Crippen LogP contribution in [0.5, 0.6) is 0 Å². The molecule has 6 nitrogen and oxygen atoms in total. The quantitative estimate of drug-likeness (QED) is 0.263. The van der Waals surface area contributed by atoms with E-state index in [1.165, 1.54) is 18.1 Å². The van der Waals surface area contributed by atoms with Crippen molar-refractivity contribution in [2.24, 2.45) is 5.73 Å². The van der Waals surface area contributed by atoms with Crippen LogP contribution in [0.15, 0.2) is 53.1 Å². The highest BCUT2D eigenvalue weighted by Crippen LogP contribution is 2.23. The zero-order chi connectivity index (χ0) is 26.6. The Hall–Kier alpha value is -2.41. The molecule has 0 unspecified atom stereocenters. The van der Waals surface area contributed by atoms with Gasteiger partial charge in [-0.25, -0.2) is 4.98 Å². The fourth-order valence-corrected chi connectivity index (χ4v) is 3.40. The molecule has 35 heavy (non-hydrogen) atoms. The number of rotatable bonds is 12. The number of primary amides is 1. The molecule has 1 amide bonds. The Morgan fingerprint density at radius 1 is 1.23 bits per heavy atom. The summed E-state index contributed by atoms with van der Waals surface area (Å²) in [5, 5.41) is 4.13. The first-order valence-electron chi connectivity index (χ1n) is 12.4. The second-order valence-corrected chi connectivity index (χ2v) is 8.14. The zero-order valence-corrected chi connectivity index (χ0v) is 23.4. The number of hydrogen-bond donors (Lipinski definition) is 2. The van der Waals surface area contributed by atoms with Crippen LogP contribution in [0.2, 0.25) is 0 Å². The molecule has 1 aromatic heterocycles. The number of amides is 1. The summed E-state index contributed by atoms with van der Waals surface area (Å²) in [5.41, 5.74) is 9.11. The number of ether oxygens (including phenoxy) is 1. The first kappa shape index (κ1) is 32.6. The van der Waals surface area contributed by atoms with Gasteiger partial charge in [-0.05, 0) is 58.4 Å². The third kappa shape index (κ3) is 13.3. The molecule has 196 valence electrons. The molecule has 0 aliphatic carbocycles. The van der Waals surface area contributed by atoms with Crippen LogP contribution in [-0.2, 0) is 29.0 Å². The number of allylic oxidation sites excluding steroid dienone is 6. The molecule has 0 radical (unpaired) electrons. The van der Waals surface area contributed by atoms with E-state index < -0.39 is 0 Å². The van der Waals surface area contributed by atoms with Gasteiger partial charge in [-0.15, -0.1) is 0 Å². The maximum absolute atomic E-state index is 9.22. The molecule has 0 aliphatic heterocycles. The number of halogens is 1. The fraction of sp³-hybridized carbons (Fsp3) is 0.500. The van der Waals surface area contributed by atoms with Gasteiger partial charge in [-0.2, -0.15) is 0 Å². The average molecular weight is 505 g/mol. The van der Waals surface area contributed by atoms with Crippen molar-refractivity contribution >= 4 is 28.5 Å². The van der Waals surface area contributed by atoms with Gasteiger partial charge < -0.3 is 20.4 Å². The van der Waals surface area contributed by atoms with Crippen LogP contribution in [-0.4, -0.2) is 35.7 Å². The third-order valence-electron chi connectivity index (χ3n) is 4.79. The molecule has 7 heteroatoms. The lowest BCUT2D eigenvalue weighted by molar-refractivity contribution is -0.115. The molecule has 0 bridgehead atoms. The molecule has 0 spiro atoms. The number of aromatic nitrogens is 2. The lowest BCUT2D eigenvalue weighted by Crippen LogP contribution is -2.14. The molecule has 0 atom stereocenters. The predicted octanol–water partition coefficient (Wildman–Crippen LogP) is 6.28. The minimum atomic E-state index is -0.333. The first-order valence-corrected chi connectivity index (χ1v) is 12.8. The number of nitrogens with two attached hydrogens (primary N) is 1. The van der Waals surface area contributed by atoms with Crippen molar-refractivity contribution in [2.45, 2.75) is 73.9 Å². The van der Waals surface area contributed by atoms with Crippen molar-refractivity contribution in [1.29, 1.82) is 0 Å². The van der Waals surface area contributed by atoms with E-state index in [2.05, 4.69) is 65.0 Å². The van der Waals surface area contributed by atoms with Crippen molar-refractivity contribution in [3.05, 3.63) is 64.5 Å². The maximum atomic E-state index is 9.22. The van der Waals surface area contributed by atoms with Crippen molar-refractivity contribution in [2.75, 3.05) is 20.3 Å². The number of nitrogens with zero attached hydrogens (tertiary/aromatic N) is 2. The van der Waals surface area contributed by atoms with Gasteiger partial charge in [0, 0.05) is 31.5 Å². The van der Waals surface area contributed by atoms with Gasteiger partial charge in [0.2, 0.25) is 5.91 Å². The Balaban J connectivity index is 0.00000174. The topological polar surface area (TPSA) is 82.2 Å². The highest BCUT2D eigenvalue weighted by atomic mass is 35.5. The third-order valence-corrected chi connectivity index (χ3v) is 5.27. The summed E-state index contributed by atoms with van der Waals surface area (Å²) in [6.45, 7) is 14.4. The van der Waals surface area contributed by atoms with Gasteiger partial charge in [-0.3, -0.25) is 4.79 Å². The summed E-state index contributed by atoms with van der Waals surface area (Å²) < 4.78 is 7.83. The van der Waals surface area contributed by atoms with E-state index in [0.717, 1.165) is 60.8 Å². The molecule has 1 heterocycles. The van der Waals surface area contributed by atoms with Crippen LogP contribution < -0.4 is 11.1 Å². The van der Waals surface area contributed by atoms with Crippen LogP contribution in [0.3, 0.4) is 0 Å². The number of benzene rings is 1. The van der Waals surface area contributed by atoms with Crippen molar-refractivity contribution in [3.63, 3.8) is 0 Å². The van der Waals surface area contributed by atoms with Crippen LogP contribution in [0, 0.1) is 0 Å². The predicted molar refractivity (Wildman–Crippen MR) is 151 cm³/mol. The van der Waals surface area contributed by atoms with Gasteiger partial charge >= 0.3 is 0 Å². The lowest BCUT2D eigenvalue weighted by atomic mass is 10.0.